The minimum Gasteiger partial charge on any atom is -0.492 e. The van der Waals surface area contributed by atoms with Gasteiger partial charge in [0.05, 0.1) is 18.8 Å². The van der Waals surface area contributed by atoms with Gasteiger partial charge >= 0.3 is 0 Å². The molecule has 1 saturated heterocycles. The average molecular weight is 248 g/mol. The normalized spacial score (nSPS) is 19.5. The molecule has 1 aromatic rings. The largest absolute Gasteiger partial charge is 0.492 e. The van der Waals surface area contributed by atoms with Crippen LogP contribution in [0.2, 0.25) is 0 Å². The molecule has 98 valence electrons. The number of nitrogens with zero attached hydrogens (tertiary/aromatic N) is 1. The minimum absolute atomic E-state index is 0.0537. The van der Waals surface area contributed by atoms with Crippen molar-refractivity contribution in [3.8, 4) is 5.75 Å². The second-order valence-electron chi connectivity index (χ2n) is 4.62. The number of pyridine rings is 1. The van der Waals surface area contributed by atoms with E-state index in [4.69, 9.17) is 4.74 Å². The van der Waals surface area contributed by atoms with Gasteiger partial charge in [0.15, 0.2) is 5.78 Å². The van der Waals surface area contributed by atoms with Gasteiger partial charge in [0.25, 0.3) is 0 Å². The molecule has 0 spiro atoms. The van der Waals surface area contributed by atoms with Crippen molar-refractivity contribution in [2.75, 3.05) is 13.2 Å². The second-order valence-corrected chi connectivity index (χ2v) is 4.62. The monoisotopic (exact) mass is 248 g/mol. The Hall–Kier alpha value is -1.42. The van der Waals surface area contributed by atoms with E-state index in [1.165, 1.54) is 0 Å². The van der Waals surface area contributed by atoms with Gasteiger partial charge in [-0.3, -0.25) is 9.78 Å². The van der Waals surface area contributed by atoms with E-state index in [-0.39, 0.29) is 11.8 Å². The van der Waals surface area contributed by atoms with Crippen LogP contribution in [0.4, 0.5) is 0 Å². The smallest absolute Gasteiger partial charge is 0.181 e. The van der Waals surface area contributed by atoms with E-state index in [2.05, 4.69) is 10.3 Å². The minimum atomic E-state index is -0.0537. The Morgan fingerprint density at radius 2 is 2.39 bits per heavy atom. The van der Waals surface area contributed by atoms with Crippen LogP contribution in [0.5, 0.6) is 5.75 Å². The van der Waals surface area contributed by atoms with Crippen LogP contribution in [-0.4, -0.2) is 30.0 Å². The highest BCUT2D eigenvalue weighted by Crippen LogP contribution is 2.16. The van der Waals surface area contributed by atoms with Crippen molar-refractivity contribution >= 4 is 5.78 Å². The summed E-state index contributed by atoms with van der Waals surface area (Å²) in [4.78, 5) is 16.3. The molecule has 0 aliphatic carbocycles. The number of rotatable bonds is 5. The zero-order chi connectivity index (χ0) is 12.8. The predicted octanol–water partition coefficient (Wildman–Crippen LogP) is 2.20. The maximum Gasteiger partial charge on any atom is 0.181 e. The fourth-order valence-corrected chi connectivity index (χ4v) is 2.13. The van der Waals surface area contributed by atoms with Crippen LogP contribution in [-0.2, 0) is 0 Å². The Morgan fingerprint density at radius 3 is 3.11 bits per heavy atom. The van der Waals surface area contributed by atoms with Crippen LogP contribution < -0.4 is 10.1 Å². The molecule has 2 heterocycles. The molecule has 1 unspecified atom stereocenters. The molecular weight excluding hydrogens is 228 g/mol. The molecule has 0 amide bonds. The Morgan fingerprint density at radius 1 is 1.50 bits per heavy atom. The van der Waals surface area contributed by atoms with Crippen LogP contribution in [0.25, 0.3) is 0 Å². The quantitative estimate of drug-likeness (QED) is 0.812. The van der Waals surface area contributed by atoms with E-state index in [1.807, 2.05) is 6.92 Å². The van der Waals surface area contributed by atoms with Gasteiger partial charge in [-0.2, -0.15) is 0 Å². The molecule has 1 N–H and O–H groups in total. The molecular formula is C14H20N2O2. The fraction of sp³-hybridized carbons (Fsp3) is 0.571. The first kappa shape index (κ1) is 13.0. The molecule has 4 nitrogen and oxygen atoms in total. The van der Waals surface area contributed by atoms with E-state index in [0.29, 0.717) is 17.9 Å². The lowest BCUT2D eigenvalue weighted by molar-refractivity contribution is 0.0926. The van der Waals surface area contributed by atoms with Crippen LogP contribution in [0, 0.1) is 0 Å². The number of aromatic nitrogens is 1. The maximum atomic E-state index is 12.3. The molecule has 1 aliphatic rings. The van der Waals surface area contributed by atoms with Gasteiger partial charge in [-0.15, -0.1) is 0 Å². The highest BCUT2D eigenvalue weighted by molar-refractivity contribution is 6.00. The first-order valence-corrected chi connectivity index (χ1v) is 6.66. The summed E-state index contributed by atoms with van der Waals surface area (Å²) in [5.74, 6) is 0.808. The van der Waals surface area contributed by atoms with E-state index in [0.717, 1.165) is 32.2 Å². The number of piperidine rings is 1. The molecule has 1 aromatic heterocycles. The Balaban J connectivity index is 2.04. The Kier molecular flexibility index (Phi) is 4.70. The van der Waals surface area contributed by atoms with Crippen molar-refractivity contribution in [1.82, 2.24) is 10.3 Å². The molecule has 0 saturated carbocycles. The van der Waals surface area contributed by atoms with Crippen LogP contribution >= 0.6 is 0 Å². The number of nitrogens with one attached hydrogen (secondary N) is 1. The summed E-state index contributed by atoms with van der Waals surface area (Å²) in [6.07, 6.45) is 7.41. The SMILES string of the molecule is CCCOc1cncc(C(=O)C2CCCCN2)c1. The first-order chi connectivity index (χ1) is 8.81. The average Bonchev–Trinajstić information content (AvgIpc) is 2.45. The van der Waals surface area contributed by atoms with Gasteiger partial charge in [-0.05, 0) is 31.9 Å². The summed E-state index contributed by atoms with van der Waals surface area (Å²) in [5.41, 5.74) is 0.642. The van der Waals surface area contributed by atoms with Crippen LogP contribution in [0.15, 0.2) is 18.5 Å². The number of carbonyl (C=O) groups is 1. The number of ether oxygens (including phenoxy) is 1. The van der Waals surface area contributed by atoms with E-state index < -0.39 is 0 Å². The molecule has 18 heavy (non-hydrogen) atoms. The van der Waals surface area contributed by atoms with Gasteiger partial charge in [-0.1, -0.05) is 13.3 Å². The zero-order valence-electron chi connectivity index (χ0n) is 10.8. The van der Waals surface area contributed by atoms with Gasteiger partial charge in [0, 0.05) is 11.8 Å². The number of ketones is 1. The van der Waals surface area contributed by atoms with Crippen LogP contribution in [0.3, 0.4) is 0 Å². The Bertz CT molecular complexity index is 401. The molecule has 0 aromatic carbocycles. The predicted molar refractivity (Wildman–Crippen MR) is 70.0 cm³/mol. The number of hydrogen-bond acceptors (Lipinski definition) is 4. The third-order valence-electron chi connectivity index (χ3n) is 3.10. The summed E-state index contributed by atoms with van der Waals surface area (Å²) in [5, 5.41) is 3.26. The topological polar surface area (TPSA) is 51.2 Å². The molecule has 2 rings (SSSR count). The standard InChI is InChI=1S/C14H20N2O2/c1-2-7-18-12-8-11(9-15-10-12)14(17)13-5-3-4-6-16-13/h8-10,13,16H,2-7H2,1H3. The second kappa shape index (κ2) is 6.50. The molecule has 0 radical (unpaired) electrons. The van der Waals surface area contributed by atoms with Crippen molar-refractivity contribution in [1.29, 1.82) is 0 Å². The number of carbonyl (C=O) groups excluding carboxylic acids is 1. The first-order valence-electron chi connectivity index (χ1n) is 6.66. The third-order valence-corrected chi connectivity index (χ3v) is 3.10. The lowest BCUT2D eigenvalue weighted by Crippen LogP contribution is -2.40. The molecule has 1 atom stereocenters. The van der Waals surface area contributed by atoms with Gasteiger partial charge in [-0.25, -0.2) is 0 Å². The zero-order valence-corrected chi connectivity index (χ0v) is 10.8. The van der Waals surface area contributed by atoms with E-state index >= 15 is 0 Å². The van der Waals surface area contributed by atoms with Crippen molar-refractivity contribution < 1.29 is 9.53 Å². The molecule has 1 fully saturated rings. The number of hydrogen-bond donors (Lipinski definition) is 1. The highest BCUT2D eigenvalue weighted by Gasteiger charge is 2.22. The van der Waals surface area contributed by atoms with Crippen molar-refractivity contribution in [3.05, 3.63) is 24.0 Å². The summed E-state index contributed by atoms with van der Waals surface area (Å²) < 4.78 is 5.50. The number of Topliss-reactive ketones (excluding diaryl/α,β-unsaturated/α-hetero) is 1. The van der Waals surface area contributed by atoms with Crippen molar-refractivity contribution in [3.63, 3.8) is 0 Å². The summed E-state index contributed by atoms with van der Waals surface area (Å²) in [6, 6.07) is 1.74. The lowest BCUT2D eigenvalue weighted by Gasteiger charge is -2.22. The Labute approximate surface area is 108 Å². The van der Waals surface area contributed by atoms with Crippen LogP contribution in [0.1, 0.15) is 43.0 Å². The summed E-state index contributed by atoms with van der Waals surface area (Å²) in [7, 11) is 0. The fourth-order valence-electron chi connectivity index (χ4n) is 2.13. The maximum absolute atomic E-state index is 12.3. The summed E-state index contributed by atoms with van der Waals surface area (Å²) in [6.45, 7) is 3.63. The van der Waals surface area contributed by atoms with E-state index in [9.17, 15) is 4.79 Å². The van der Waals surface area contributed by atoms with E-state index in [1.54, 1.807) is 18.5 Å². The third kappa shape index (κ3) is 3.29. The van der Waals surface area contributed by atoms with Gasteiger partial charge < -0.3 is 10.1 Å². The highest BCUT2D eigenvalue weighted by atomic mass is 16.5. The van der Waals surface area contributed by atoms with Crippen molar-refractivity contribution in [2.24, 2.45) is 0 Å². The molecule has 1 aliphatic heterocycles. The van der Waals surface area contributed by atoms with Crippen molar-refractivity contribution in [2.45, 2.75) is 38.6 Å². The van der Waals surface area contributed by atoms with Gasteiger partial charge in [0.2, 0.25) is 0 Å². The molecule has 0 bridgehead atoms. The molecule has 4 heteroatoms. The van der Waals surface area contributed by atoms with Gasteiger partial charge in [0.1, 0.15) is 5.75 Å². The lowest BCUT2D eigenvalue weighted by atomic mass is 9.97. The summed E-state index contributed by atoms with van der Waals surface area (Å²) >= 11 is 0.